The SMILES string of the molecule is CCC1(CCCCCCCCCCCCCCCCCCCOP(=O)(O)O)CO1. The molecule has 6 heteroatoms. The summed E-state index contributed by atoms with van der Waals surface area (Å²) in [6.45, 7) is 3.41. The quantitative estimate of drug-likeness (QED) is 0.106. The van der Waals surface area contributed by atoms with Gasteiger partial charge in [-0.3, -0.25) is 4.52 Å². The average molecular weight is 435 g/mol. The van der Waals surface area contributed by atoms with Crippen molar-refractivity contribution in [3.8, 4) is 0 Å². The Labute approximate surface area is 179 Å². The number of hydrogen-bond acceptors (Lipinski definition) is 3. The van der Waals surface area contributed by atoms with Crippen LogP contribution >= 0.6 is 7.82 Å². The lowest BCUT2D eigenvalue weighted by Gasteiger charge is -2.08. The second kappa shape index (κ2) is 16.7. The fourth-order valence-corrected chi connectivity index (χ4v) is 4.38. The molecule has 5 nitrogen and oxygen atoms in total. The first-order chi connectivity index (χ1) is 14.0. The smallest absolute Gasteiger partial charge is 0.370 e. The molecule has 1 atom stereocenters. The summed E-state index contributed by atoms with van der Waals surface area (Å²) in [6.07, 6.45) is 24.4. The first-order valence-electron chi connectivity index (χ1n) is 12.3. The molecule has 0 aromatic rings. The molecule has 2 N–H and O–H groups in total. The van der Waals surface area contributed by atoms with Crippen LogP contribution in [-0.4, -0.2) is 28.6 Å². The maximum absolute atomic E-state index is 10.5. The summed E-state index contributed by atoms with van der Waals surface area (Å²) in [5.74, 6) is 0. The number of phosphoric ester groups is 1. The highest BCUT2D eigenvalue weighted by atomic mass is 31.2. The Hall–Kier alpha value is 0.0700. The fraction of sp³-hybridized carbons (Fsp3) is 1.00. The van der Waals surface area contributed by atoms with Crippen molar-refractivity contribution in [2.45, 2.75) is 135 Å². The van der Waals surface area contributed by atoms with Gasteiger partial charge >= 0.3 is 7.82 Å². The topological polar surface area (TPSA) is 79.3 Å². The number of ether oxygens (including phenoxy) is 1. The minimum Gasteiger partial charge on any atom is -0.370 e. The molecule has 1 saturated heterocycles. The van der Waals surface area contributed by atoms with E-state index in [4.69, 9.17) is 14.5 Å². The number of phosphoric acid groups is 1. The Morgan fingerprint density at radius 1 is 0.724 bits per heavy atom. The zero-order chi connectivity index (χ0) is 21.3. The van der Waals surface area contributed by atoms with Gasteiger partial charge in [-0.25, -0.2) is 4.57 Å². The van der Waals surface area contributed by atoms with E-state index < -0.39 is 7.82 Å². The van der Waals surface area contributed by atoms with Crippen LogP contribution in [-0.2, 0) is 13.8 Å². The van der Waals surface area contributed by atoms with Crippen LogP contribution in [0.25, 0.3) is 0 Å². The molecule has 1 heterocycles. The lowest BCUT2D eigenvalue weighted by molar-refractivity contribution is 0.193. The van der Waals surface area contributed by atoms with Crippen molar-refractivity contribution < 1.29 is 23.6 Å². The van der Waals surface area contributed by atoms with Gasteiger partial charge in [0.25, 0.3) is 0 Å². The molecule has 0 aliphatic carbocycles. The Balaban J connectivity index is 1.66. The highest BCUT2D eigenvalue weighted by Gasteiger charge is 2.41. The van der Waals surface area contributed by atoms with Gasteiger partial charge in [-0.1, -0.05) is 110 Å². The Morgan fingerprint density at radius 2 is 1.07 bits per heavy atom. The molecule has 0 aromatic heterocycles. The van der Waals surface area contributed by atoms with Gasteiger partial charge in [0.2, 0.25) is 0 Å². The van der Waals surface area contributed by atoms with Gasteiger partial charge in [-0.15, -0.1) is 0 Å². The third kappa shape index (κ3) is 17.4. The molecule has 0 radical (unpaired) electrons. The molecule has 1 rings (SSSR count). The van der Waals surface area contributed by atoms with Gasteiger partial charge in [-0.2, -0.15) is 0 Å². The minimum atomic E-state index is -4.27. The number of hydrogen-bond donors (Lipinski definition) is 2. The van der Waals surface area contributed by atoms with E-state index in [-0.39, 0.29) is 6.61 Å². The summed E-state index contributed by atoms with van der Waals surface area (Å²) >= 11 is 0. The van der Waals surface area contributed by atoms with Crippen molar-refractivity contribution in [1.29, 1.82) is 0 Å². The maximum Gasteiger partial charge on any atom is 0.469 e. The highest BCUT2D eigenvalue weighted by molar-refractivity contribution is 7.46. The van der Waals surface area contributed by atoms with E-state index in [0.29, 0.717) is 5.60 Å². The molecule has 1 fully saturated rings. The summed E-state index contributed by atoms with van der Waals surface area (Å²) in [5.41, 5.74) is 0.297. The molecule has 174 valence electrons. The molecule has 0 bridgehead atoms. The van der Waals surface area contributed by atoms with Gasteiger partial charge in [0.15, 0.2) is 0 Å². The lowest BCUT2D eigenvalue weighted by atomic mass is 9.98. The van der Waals surface area contributed by atoms with Crippen LogP contribution in [0, 0.1) is 0 Å². The van der Waals surface area contributed by atoms with Crippen LogP contribution in [0.5, 0.6) is 0 Å². The predicted molar refractivity (Wildman–Crippen MR) is 120 cm³/mol. The van der Waals surface area contributed by atoms with Crippen LogP contribution in [0.3, 0.4) is 0 Å². The fourth-order valence-electron chi connectivity index (χ4n) is 4.01. The zero-order valence-corrected chi connectivity index (χ0v) is 19.8. The summed E-state index contributed by atoms with van der Waals surface area (Å²) in [7, 11) is -4.27. The third-order valence-corrected chi connectivity index (χ3v) is 6.75. The van der Waals surface area contributed by atoms with E-state index in [2.05, 4.69) is 11.4 Å². The predicted octanol–water partition coefficient (Wildman–Crippen LogP) is 7.30. The van der Waals surface area contributed by atoms with Crippen molar-refractivity contribution >= 4 is 7.82 Å². The molecule has 1 aliphatic heterocycles. The lowest BCUT2D eigenvalue weighted by Crippen LogP contribution is -2.08. The van der Waals surface area contributed by atoms with Crippen LogP contribution in [0.15, 0.2) is 0 Å². The molecule has 29 heavy (non-hydrogen) atoms. The van der Waals surface area contributed by atoms with Crippen LogP contribution in [0.1, 0.15) is 129 Å². The highest BCUT2D eigenvalue weighted by Crippen LogP contribution is 2.36. The van der Waals surface area contributed by atoms with Gasteiger partial charge in [0.1, 0.15) is 0 Å². The molecule has 0 amide bonds. The molecule has 0 spiro atoms. The van der Waals surface area contributed by atoms with Crippen LogP contribution in [0.2, 0.25) is 0 Å². The Kier molecular flexibility index (Phi) is 15.6. The summed E-state index contributed by atoms with van der Waals surface area (Å²) < 4.78 is 20.5. The third-order valence-electron chi connectivity index (χ3n) is 6.23. The number of epoxide rings is 1. The van der Waals surface area contributed by atoms with Crippen molar-refractivity contribution in [3.63, 3.8) is 0 Å². The Morgan fingerprint density at radius 3 is 1.38 bits per heavy atom. The van der Waals surface area contributed by atoms with Crippen molar-refractivity contribution in [3.05, 3.63) is 0 Å². The van der Waals surface area contributed by atoms with Gasteiger partial charge in [0.05, 0.1) is 18.8 Å². The summed E-state index contributed by atoms with van der Waals surface area (Å²) in [6, 6.07) is 0. The minimum absolute atomic E-state index is 0.166. The summed E-state index contributed by atoms with van der Waals surface area (Å²) in [4.78, 5) is 17.2. The maximum atomic E-state index is 10.5. The van der Waals surface area contributed by atoms with Crippen molar-refractivity contribution in [2.24, 2.45) is 0 Å². The standard InChI is InChI=1S/C23H47O5P/c1-2-23(22-27-23)20-18-16-14-12-10-8-6-4-3-5-7-9-11-13-15-17-19-21-28-29(24,25)26/h2-22H2,1H3,(H2,24,25,26). The van der Waals surface area contributed by atoms with E-state index in [0.717, 1.165) is 25.9 Å². The summed E-state index contributed by atoms with van der Waals surface area (Å²) in [5, 5.41) is 0. The van der Waals surface area contributed by atoms with Crippen LogP contribution < -0.4 is 0 Å². The van der Waals surface area contributed by atoms with E-state index in [1.54, 1.807) is 0 Å². The van der Waals surface area contributed by atoms with Gasteiger partial charge in [0, 0.05) is 0 Å². The number of unbranched alkanes of at least 4 members (excludes halogenated alkanes) is 16. The van der Waals surface area contributed by atoms with E-state index >= 15 is 0 Å². The zero-order valence-electron chi connectivity index (χ0n) is 18.9. The van der Waals surface area contributed by atoms with Crippen molar-refractivity contribution in [1.82, 2.24) is 0 Å². The molecule has 0 saturated carbocycles. The Bertz CT molecular complexity index is 419. The first kappa shape index (κ1) is 27.1. The molecule has 1 aliphatic rings. The molecular weight excluding hydrogens is 387 g/mol. The second-order valence-corrected chi connectivity index (χ2v) is 10.1. The normalized spacial score (nSPS) is 19.0. The van der Waals surface area contributed by atoms with Gasteiger partial charge < -0.3 is 14.5 Å². The van der Waals surface area contributed by atoms with E-state index in [1.807, 2.05) is 0 Å². The van der Waals surface area contributed by atoms with Crippen molar-refractivity contribution in [2.75, 3.05) is 13.2 Å². The average Bonchev–Trinajstić information content (AvgIpc) is 3.46. The monoisotopic (exact) mass is 434 g/mol. The molecule has 0 aromatic carbocycles. The number of rotatable bonds is 22. The first-order valence-corrected chi connectivity index (χ1v) is 13.8. The van der Waals surface area contributed by atoms with Crippen LogP contribution in [0.4, 0.5) is 0 Å². The van der Waals surface area contributed by atoms with Gasteiger partial charge in [-0.05, 0) is 19.3 Å². The molecule has 1 unspecified atom stereocenters. The van der Waals surface area contributed by atoms with E-state index in [9.17, 15) is 4.57 Å². The van der Waals surface area contributed by atoms with E-state index in [1.165, 1.54) is 103 Å². The second-order valence-electron chi connectivity index (χ2n) is 8.91. The molecular formula is C23H47O5P. The largest absolute Gasteiger partial charge is 0.469 e.